The molecule has 1 fully saturated rings. The van der Waals surface area contributed by atoms with Gasteiger partial charge in [-0.2, -0.15) is 0 Å². The van der Waals surface area contributed by atoms with Gasteiger partial charge in [0.25, 0.3) is 0 Å². The van der Waals surface area contributed by atoms with Gasteiger partial charge in [-0.15, -0.1) is 0 Å². The average Bonchev–Trinajstić information content (AvgIpc) is 2.72. The number of aryl methyl sites for hydroxylation is 2. The zero-order valence-electron chi connectivity index (χ0n) is 22.0. The maximum atomic E-state index is 12.8. The van der Waals surface area contributed by atoms with Gasteiger partial charge in [0.2, 0.25) is 0 Å². The molecule has 6 heteroatoms. The molecule has 1 saturated carbocycles. The number of rotatable bonds is 12. The van der Waals surface area contributed by atoms with Crippen LogP contribution in [-0.2, 0) is 12.8 Å². The summed E-state index contributed by atoms with van der Waals surface area (Å²) in [6, 6.07) is 6.12. The maximum Gasteiger partial charge on any atom is 0.412 e. The van der Waals surface area contributed by atoms with Crippen LogP contribution in [0, 0.1) is 10.8 Å². The lowest BCUT2D eigenvalue weighted by Crippen LogP contribution is -2.50. The van der Waals surface area contributed by atoms with Crippen LogP contribution >= 0.6 is 0 Å². The molecule has 1 aromatic carbocycles. The van der Waals surface area contributed by atoms with Crippen molar-refractivity contribution in [3.63, 3.8) is 0 Å². The summed E-state index contributed by atoms with van der Waals surface area (Å²) < 4.78 is 5.78. The number of carboxylic acid groups (broad SMARTS) is 1. The minimum atomic E-state index is -0.994. The van der Waals surface area contributed by atoms with Gasteiger partial charge in [0.05, 0.1) is 0 Å². The number of carbonyl (C=O) groups is 2. The van der Waals surface area contributed by atoms with Crippen LogP contribution in [0.3, 0.4) is 0 Å². The van der Waals surface area contributed by atoms with Crippen LogP contribution in [0.1, 0.15) is 104 Å². The highest BCUT2D eigenvalue weighted by molar-refractivity contribution is 5.71. The first-order valence-corrected chi connectivity index (χ1v) is 13.1. The van der Waals surface area contributed by atoms with Crippen molar-refractivity contribution in [3.05, 3.63) is 29.3 Å². The molecule has 0 heterocycles. The van der Waals surface area contributed by atoms with E-state index in [4.69, 9.17) is 4.74 Å². The average molecular weight is 475 g/mol. The molecule has 0 radical (unpaired) electrons. The lowest BCUT2D eigenvalue weighted by molar-refractivity contribution is 0.0695. The van der Waals surface area contributed by atoms with Crippen molar-refractivity contribution in [2.75, 3.05) is 6.54 Å². The molecule has 2 atom stereocenters. The van der Waals surface area contributed by atoms with Crippen LogP contribution in [0.25, 0.3) is 0 Å². The summed E-state index contributed by atoms with van der Waals surface area (Å²) in [5, 5.41) is 14.8. The Balaban J connectivity index is 2.02. The van der Waals surface area contributed by atoms with Crippen LogP contribution in [0.2, 0.25) is 0 Å². The lowest BCUT2D eigenvalue weighted by atomic mass is 9.62. The predicted octanol–water partition coefficient (Wildman–Crippen LogP) is 7.09. The molecule has 3 N–H and O–H groups in total. The smallest absolute Gasteiger partial charge is 0.412 e. The Morgan fingerprint density at radius 1 is 1.03 bits per heavy atom. The number of amides is 2. The predicted molar refractivity (Wildman–Crippen MR) is 138 cm³/mol. The fourth-order valence-corrected chi connectivity index (χ4v) is 5.69. The van der Waals surface area contributed by atoms with Crippen molar-refractivity contribution in [2.45, 2.75) is 111 Å². The zero-order chi connectivity index (χ0) is 25.2. The number of hydrogen-bond donors (Lipinski definition) is 3. The molecule has 0 aromatic heterocycles. The third-order valence-corrected chi connectivity index (χ3v) is 6.88. The van der Waals surface area contributed by atoms with E-state index in [2.05, 4.69) is 57.4 Å². The summed E-state index contributed by atoms with van der Waals surface area (Å²) in [4.78, 5) is 23.9. The molecule has 1 aliphatic carbocycles. The van der Waals surface area contributed by atoms with E-state index in [9.17, 15) is 14.7 Å². The Morgan fingerprint density at radius 3 is 2.35 bits per heavy atom. The third kappa shape index (κ3) is 9.55. The Hall–Kier alpha value is -2.24. The third-order valence-electron chi connectivity index (χ3n) is 6.88. The van der Waals surface area contributed by atoms with Crippen LogP contribution < -0.4 is 15.4 Å². The van der Waals surface area contributed by atoms with E-state index in [-0.39, 0.29) is 16.9 Å². The summed E-state index contributed by atoms with van der Waals surface area (Å²) in [6.07, 6.45) is 9.93. The molecule has 0 aliphatic heterocycles. The second-order valence-corrected chi connectivity index (χ2v) is 11.3. The van der Waals surface area contributed by atoms with E-state index in [1.165, 1.54) is 24.8 Å². The number of nitrogens with one attached hydrogen (secondary N) is 2. The summed E-state index contributed by atoms with van der Waals surface area (Å²) in [6.45, 7) is 11.3. The largest absolute Gasteiger partial charge is 0.465 e. The molecule has 192 valence electrons. The second-order valence-electron chi connectivity index (χ2n) is 11.3. The van der Waals surface area contributed by atoms with Gasteiger partial charge in [-0.05, 0) is 73.0 Å². The summed E-state index contributed by atoms with van der Waals surface area (Å²) in [7, 11) is 0. The van der Waals surface area contributed by atoms with E-state index >= 15 is 0 Å². The first-order valence-electron chi connectivity index (χ1n) is 13.1. The number of carbonyl (C=O) groups excluding carboxylic acids is 1. The first kappa shape index (κ1) is 28.0. The molecule has 0 spiro atoms. The van der Waals surface area contributed by atoms with Crippen molar-refractivity contribution < 1.29 is 19.4 Å². The molecular weight excluding hydrogens is 428 g/mol. The fraction of sp³-hybridized carbons (Fsp3) is 0.714. The maximum absolute atomic E-state index is 12.8. The summed E-state index contributed by atoms with van der Waals surface area (Å²) >= 11 is 0. The SMILES string of the molecule is CCCCCc1ccc(OC(=O)NCC2(C)CC(NC(=O)O)CC(C)(C)C2)c(CCCCC)c1. The first-order chi connectivity index (χ1) is 16.1. The summed E-state index contributed by atoms with van der Waals surface area (Å²) in [5.74, 6) is 0.646. The number of unbranched alkanes of at least 4 members (excludes halogenated alkanes) is 4. The van der Waals surface area contributed by atoms with Gasteiger partial charge in [-0.25, -0.2) is 9.59 Å². The highest BCUT2D eigenvalue weighted by atomic mass is 16.6. The fourth-order valence-electron chi connectivity index (χ4n) is 5.69. The second kappa shape index (κ2) is 13.0. The molecule has 1 aromatic rings. The Kier molecular flexibility index (Phi) is 10.7. The molecule has 1 aliphatic rings. The van der Waals surface area contributed by atoms with Crippen molar-refractivity contribution >= 4 is 12.2 Å². The van der Waals surface area contributed by atoms with Gasteiger partial charge in [-0.3, -0.25) is 0 Å². The monoisotopic (exact) mass is 474 g/mol. The van der Waals surface area contributed by atoms with E-state index < -0.39 is 12.2 Å². The molecule has 0 bridgehead atoms. The van der Waals surface area contributed by atoms with Crippen molar-refractivity contribution in [1.29, 1.82) is 0 Å². The highest BCUT2D eigenvalue weighted by Gasteiger charge is 2.42. The molecule has 34 heavy (non-hydrogen) atoms. The topological polar surface area (TPSA) is 87.7 Å². The minimum absolute atomic E-state index is 0.00818. The molecule has 2 amide bonds. The highest BCUT2D eigenvalue weighted by Crippen LogP contribution is 2.45. The quantitative estimate of drug-likeness (QED) is 0.282. The lowest BCUT2D eigenvalue weighted by Gasteiger charge is -2.46. The van der Waals surface area contributed by atoms with Gasteiger partial charge in [0.1, 0.15) is 5.75 Å². The van der Waals surface area contributed by atoms with Crippen LogP contribution in [0.4, 0.5) is 9.59 Å². The van der Waals surface area contributed by atoms with Crippen molar-refractivity contribution in [1.82, 2.24) is 10.6 Å². The van der Waals surface area contributed by atoms with Gasteiger partial charge in [0.15, 0.2) is 0 Å². The van der Waals surface area contributed by atoms with E-state index in [1.807, 2.05) is 6.07 Å². The molecule has 2 rings (SSSR count). The van der Waals surface area contributed by atoms with Crippen molar-refractivity contribution in [2.24, 2.45) is 10.8 Å². The normalized spacial score (nSPS) is 21.6. The Morgan fingerprint density at radius 2 is 1.71 bits per heavy atom. The van der Waals surface area contributed by atoms with Crippen LogP contribution in [0.5, 0.6) is 5.75 Å². The minimum Gasteiger partial charge on any atom is -0.465 e. The van der Waals surface area contributed by atoms with Gasteiger partial charge in [-0.1, -0.05) is 72.4 Å². The van der Waals surface area contributed by atoms with E-state index in [0.29, 0.717) is 18.7 Å². The summed E-state index contributed by atoms with van der Waals surface area (Å²) in [5.41, 5.74) is 2.20. The number of hydrogen-bond acceptors (Lipinski definition) is 3. The molecular formula is C28H46N2O4. The standard InChI is InChI=1S/C28H46N2O4/c1-6-8-10-12-21-14-15-24(22(16-21)13-11-9-7-2)34-26(33)29-20-28(5)18-23(30-25(31)32)17-27(3,4)19-28/h14-16,23,30H,6-13,17-20H2,1-5H3,(H,29,33)(H,31,32). The Labute approximate surface area is 206 Å². The van der Waals surface area contributed by atoms with E-state index in [0.717, 1.165) is 50.5 Å². The number of benzene rings is 1. The van der Waals surface area contributed by atoms with Gasteiger partial charge < -0.3 is 20.5 Å². The zero-order valence-corrected chi connectivity index (χ0v) is 22.0. The Bertz CT molecular complexity index is 808. The molecule has 0 saturated heterocycles. The van der Waals surface area contributed by atoms with Crippen LogP contribution in [-0.4, -0.2) is 29.9 Å². The van der Waals surface area contributed by atoms with Gasteiger partial charge >= 0.3 is 12.2 Å². The van der Waals surface area contributed by atoms with Crippen molar-refractivity contribution in [3.8, 4) is 5.75 Å². The number of ether oxygens (including phenoxy) is 1. The van der Waals surface area contributed by atoms with Crippen LogP contribution in [0.15, 0.2) is 18.2 Å². The molecule has 6 nitrogen and oxygen atoms in total. The molecule has 2 unspecified atom stereocenters. The van der Waals surface area contributed by atoms with E-state index in [1.54, 1.807) is 0 Å². The van der Waals surface area contributed by atoms with Gasteiger partial charge in [0, 0.05) is 12.6 Å².